The van der Waals surface area contributed by atoms with Gasteiger partial charge in [-0.1, -0.05) is 25.8 Å². The molecule has 2 aromatic carbocycles. The minimum Gasteiger partial charge on any atom is -0.507 e. The number of Topliss-reactive ketones (excluding diaryl/α,β-unsaturated/α-hetero) is 1. The monoisotopic (exact) mass is 451 g/mol. The number of hydrogen-bond acceptors (Lipinski definition) is 6. The first-order valence-electron chi connectivity index (χ1n) is 11.5. The molecule has 0 aromatic heterocycles. The minimum atomic E-state index is -0.772. The maximum atomic E-state index is 13.1. The van der Waals surface area contributed by atoms with Crippen LogP contribution in [0.5, 0.6) is 17.2 Å². The van der Waals surface area contributed by atoms with Crippen molar-refractivity contribution in [3.63, 3.8) is 0 Å². The molecule has 0 radical (unpaired) electrons. The number of aliphatic hydroxyl groups is 1. The van der Waals surface area contributed by atoms with Gasteiger partial charge < -0.3 is 24.6 Å². The van der Waals surface area contributed by atoms with Crippen LogP contribution in [-0.2, 0) is 16.0 Å². The summed E-state index contributed by atoms with van der Waals surface area (Å²) in [7, 11) is 0. The summed E-state index contributed by atoms with van der Waals surface area (Å²) in [5, 5.41) is 21.4. The Bertz CT molecular complexity index is 1110. The number of ether oxygens (including phenoxy) is 2. The van der Waals surface area contributed by atoms with E-state index in [2.05, 4.69) is 6.92 Å². The van der Waals surface area contributed by atoms with Gasteiger partial charge in [0.05, 0.1) is 24.8 Å². The average Bonchev–Trinajstić information content (AvgIpc) is 3.38. The van der Waals surface area contributed by atoms with Crippen molar-refractivity contribution in [3.05, 3.63) is 58.7 Å². The van der Waals surface area contributed by atoms with E-state index in [1.807, 2.05) is 6.07 Å². The van der Waals surface area contributed by atoms with Crippen molar-refractivity contribution in [1.82, 2.24) is 4.90 Å². The zero-order chi connectivity index (χ0) is 23.5. The fraction of sp³-hybridized carbons (Fsp3) is 0.385. The van der Waals surface area contributed by atoms with E-state index in [-0.39, 0.29) is 22.8 Å². The molecule has 2 aromatic rings. The van der Waals surface area contributed by atoms with Crippen LogP contribution in [0.4, 0.5) is 0 Å². The summed E-state index contributed by atoms with van der Waals surface area (Å²) >= 11 is 0. The van der Waals surface area contributed by atoms with Crippen molar-refractivity contribution in [1.29, 1.82) is 0 Å². The lowest BCUT2D eigenvalue weighted by molar-refractivity contribution is -0.139. The molecule has 174 valence electrons. The van der Waals surface area contributed by atoms with E-state index < -0.39 is 17.7 Å². The molecule has 1 amide bonds. The number of hydrogen-bond donors (Lipinski definition) is 2. The third-order valence-electron chi connectivity index (χ3n) is 6.10. The van der Waals surface area contributed by atoms with Crippen LogP contribution in [0.15, 0.2) is 42.0 Å². The summed E-state index contributed by atoms with van der Waals surface area (Å²) in [6, 6.07) is 9.28. The van der Waals surface area contributed by atoms with Gasteiger partial charge in [-0.15, -0.1) is 0 Å². The van der Waals surface area contributed by atoms with Gasteiger partial charge >= 0.3 is 0 Å². The van der Waals surface area contributed by atoms with Crippen LogP contribution in [0.2, 0.25) is 0 Å². The van der Waals surface area contributed by atoms with E-state index in [0.29, 0.717) is 30.9 Å². The zero-order valence-corrected chi connectivity index (χ0v) is 19.0. The molecular weight excluding hydrogens is 422 g/mol. The number of rotatable bonds is 8. The number of benzene rings is 2. The van der Waals surface area contributed by atoms with E-state index in [1.165, 1.54) is 11.0 Å². The van der Waals surface area contributed by atoms with E-state index in [1.54, 1.807) is 31.2 Å². The second-order valence-electron chi connectivity index (χ2n) is 8.28. The number of likely N-dealkylation sites (tertiary alicyclic amines) is 1. The molecule has 1 atom stereocenters. The number of aromatic hydroxyl groups is 1. The van der Waals surface area contributed by atoms with Gasteiger partial charge in [-0.2, -0.15) is 0 Å². The molecule has 1 unspecified atom stereocenters. The zero-order valence-electron chi connectivity index (χ0n) is 19.0. The quantitative estimate of drug-likeness (QED) is 0.268. The molecule has 0 spiro atoms. The molecule has 0 bridgehead atoms. The van der Waals surface area contributed by atoms with Gasteiger partial charge in [-0.05, 0) is 54.8 Å². The standard InChI is InChI=1S/C26H29NO6/c1-3-5-6-12-27-23(17-7-9-19(28)21(15-17)32-4-2)22(25(30)26(27)31)24(29)18-8-10-20-16(14-18)11-13-33-20/h7-10,14-15,23,28-29H,3-6,11-13H2,1-2H3/b24-22+. The fourth-order valence-corrected chi connectivity index (χ4v) is 4.45. The van der Waals surface area contributed by atoms with Crippen molar-refractivity contribution in [2.75, 3.05) is 19.8 Å². The molecule has 2 aliphatic rings. The van der Waals surface area contributed by atoms with E-state index in [9.17, 15) is 19.8 Å². The first kappa shape index (κ1) is 22.7. The summed E-state index contributed by atoms with van der Waals surface area (Å²) < 4.78 is 11.1. The van der Waals surface area contributed by atoms with Gasteiger partial charge in [-0.25, -0.2) is 0 Å². The number of nitrogens with zero attached hydrogens (tertiary/aromatic N) is 1. The van der Waals surface area contributed by atoms with E-state index in [4.69, 9.17) is 9.47 Å². The second kappa shape index (κ2) is 9.57. The number of fused-ring (bicyclic) bond motifs is 1. The average molecular weight is 452 g/mol. The molecule has 1 fully saturated rings. The number of carbonyl (C=O) groups excluding carboxylic acids is 2. The summed E-state index contributed by atoms with van der Waals surface area (Å²) in [6.07, 6.45) is 3.35. The fourth-order valence-electron chi connectivity index (χ4n) is 4.45. The maximum absolute atomic E-state index is 13.1. The predicted molar refractivity (Wildman–Crippen MR) is 123 cm³/mol. The summed E-state index contributed by atoms with van der Waals surface area (Å²) in [5.74, 6) is -0.545. The molecule has 7 nitrogen and oxygen atoms in total. The molecule has 0 saturated carbocycles. The number of phenols is 1. The number of aliphatic hydroxyl groups excluding tert-OH is 1. The first-order chi connectivity index (χ1) is 16.0. The largest absolute Gasteiger partial charge is 0.507 e. The number of phenolic OH excluding ortho intramolecular Hbond substituents is 1. The molecule has 33 heavy (non-hydrogen) atoms. The molecule has 2 aliphatic heterocycles. The van der Waals surface area contributed by atoms with Gasteiger partial charge in [0.15, 0.2) is 11.5 Å². The van der Waals surface area contributed by atoms with Crippen LogP contribution in [0.3, 0.4) is 0 Å². The third kappa shape index (κ3) is 4.27. The number of amides is 1. The number of unbranched alkanes of at least 4 members (excludes halogenated alkanes) is 2. The first-order valence-corrected chi connectivity index (χ1v) is 11.5. The summed E-state index contributed by atoms with van der Waals surface area (Å²) in [5.41, 5.74) is 2.07. The highest BCUT2D eigenvalue weighted by molar-refractivity contribution is 6.46. The van der Waals surface area contributed by atoms with Crippen LogP contribution < -0.4 is 9.47 Å². The molecule has 4 rings (SSSR count). The highest BCUT2D eigenvalue weighted by atomic mass is 16.5. The number of carbonyl (C=O) groups is 2. The molecule has 2 heterocycles. The van der Waals surface area contributed by atoms with Gasteiger partial charge in [0.25, 0.3) is 11.7 Å². The van der Waals surface area contributed by atoms with Gasteiger partial charge in [0, 0.05) is 18.5 Å². The van der Waals surface area contributed by atoms with E-state index >= 15 is 0 Å². The molecule has 1 saturated heterocycles. The molecule has 7 heteroatoms. The van der Waals surface area contributed by atoms with Crippen LogP contribution in [-0.4, -0.2) is 46.6 Å². The lowest BCUT2D eigenvalue weighted by Gasteiger charge is -2.26. The van der Waals surface area contributed by atoms with Crippen molar-refractivity contribution in [3.8, 4) is 17.2 Å². The Morgan fingerprint density at radius 3 is 2.73 bits per heavy atom. The SMILES string of the molecule is CCCCCN1C(=O)C(=O)/C(=C(/O)c2ccc3c(c2)CCO3)C1c1ccc(O)c(OCC)c1. The van der Waals surface area contributed by atoms with Crippen molar-refractivity contribution >= 4 is 17.4 Å². The van der Waals surface area contributed by atoms with E-state index in [0.717, 1.165) is 37.0 Å². The lowest BCUT2D eigenvalue weighted by atomic mass is 9.94. The lowest BCUT2D eigenvalue weighted by Crippen LogP contribution is -2.30. The summed E-state index contributed by atoms with van der Waals surface area (Å²) in [6.45, 7) is 5.20. The maximum Gasteiger partial charge on any atom is 0.295 e. The summed E-state index contributed by atoms with van der Waals surface area (Å²) in [4.78, 5) is 27.7. The molecule has 2 N–H and O–H groups in total. The Hall–Kier alpha value is -3.48. The normalized spacial score (nSPS) is 19.0. The Balaban J connectivity index is 1.83. The highest BCUT2D eigenvalue weighted by Gasteiger charge is 2.46. The van der Waals surface area contributed by atoms with Crippen molar-refractivity contribution in [2.45, 2.75) is 45.6 Å². The molecular formula is C26H29NO6. The minimum absolute atomic E-state index is 0.0258. The number of ketones is 1. The van der Waals surface area contributed by atoms with Crippen molar-refractivity contribution < 1.29 is 29.3 Å². The Kier molecular flexibility index (Phi) is 6.58. The third-order valence-corrected chi connectivity index (χ3v) is 6.10. The van der Waals surface area contributed by atoms with Crippen LogP contribution in [0, 0.1) is 0 Å². The van der Waals surface area contributed by atoms with Crippen molar-refractivity contribution in [2.24, 2.45) is 0 Å². The van der Waals surface area contributed by atoms with Gasteiger partial charge in [0.1, 0.15) is 11.5 Å². The highest BCUT2D eigenvalue weighted by Crippen LogP contribution is 2.42. The van der Waals surface area contributed by atoms with Crippen LogP contribution in [0.25, 0.3) is 5.76 Å². The van der Waals surface area contributed by atoms with Crippen LogP contribution >= 0.6 is 0 Å². The second-order valence-corrected chi connectivity index (χ2v) is 8.28. The van der Waals surface area contributed by atoms with Gasteiger partial charge in [-0.3, -0.25) is 9.59 Å². The smallest absolute Gasteiger partial charge is 0.295 e. The topological polar surface area (TPSA) is 96.3 Å². The van der Waals surface area contributed by atoms with Gasteiger partial charge in [0.2, 0.25) is 0 Å². The Labute approximate surface area is 193 Å². The van der Waals surface area contributed by atoms with Crippen LogP contribution in [0.1, 0.15) is 55.8 Å². The molecule has 0 aliphatic carbocycles. The Morgan fingerprint density at radius 1 is 1.15 bits per heavy atom. The Morgan fingerprint density at radius 2 is 1.97 bits per heavy atom. The predicted octanol–water partition coefficient (Wildman–Crippen LogP) is 4.34.